The second kappa shape index (κ2) is 7.26. The van der Waals surface area contributed by atoms with Gasteiger partial charge in [0.15, 0.2) is 0 Å². The summed E-state index contributed by atoms with van der Waals surface area (Å²) in [5.74, 6) is -0.486. The van der Waals surface area contributed by atoms with E-state index in [4.69, 9.17) is 0 Å². The minimum atomic E-state index is -0.293. The first-order valence-electron chi connectivity index (χ1n) is 8.14. The number of hydrogen-bond acceptors (Lipinski definition) is 2. The minimum Gasteiger partial charge on any atom is -0.345 e. The highest BCUT2D eigenvalue weighted by atomic mass is 19.1. The van der Waals surface area contributed by atoms with E-state index in [2.05, 4.69) is 10.3 Å². The number of nitrogens with one attached hydrogen (secondary N) is 1. The Labute approximate surface area is 146 Å². The van der Waals surface area contributed by atoms with Crippen molar-refractivity contribution in [3.63, 3.8) is 0 Å². The van der Waals surface area contributed by atoms with Gasteiger partial charge >= 0.3 is 0 Å². The Kier molecular flexibility index (Phi) is 4.89. The van der Waals surface area contributed by atoms with E-state index in [0.717, 1.165) is 16.8 Å². The summed E-state index contributed by atoms with van der Waals surface area (Å²) in [5.41, 5.74) is 3.90. The number of nitrogens with zero attached hydrogens (tertiary/aromatic N) is 1. The van der Waals surface area contributed by atoms with E-state index < -0.39 is 0 Å². The molecule has 1 atom stereocenters. The van der Waals surface area contributed by atoms with Crippen LogP contribution in [-0.2, 0) is 0 Å². The van der Waals surface area contributed by atoms with E-state index in [-0.39, 0.29) is 17.8 Å². The predicted octanol–water partition coefficient (Wildman–Crippen LogP) is 4.69. The predicted molar refractivity (Wildman–Crippen MR) is 96.7 cm³/mol. The molecule has 0 unspecified atom stereocenters. The molecule has 4 heteroatoms. The molecule has 0 aliphatic heterocycles. The van der Waals surface area contributed by atoms with E-state index in [0.29, 0.717) is 11.3 Å². The molecule has 1 amide bonds. The Hall–Kier alpha value is -3.01. The van der Waals surface area contributed by atoms with Gasteiger partial charge in [0.1, 0.15) is 5.82 Å². The van der Waals surface area contributed by atoms with Gasteiger partial charge in [-0.15, -0.1) is 0 Å². The molecule has 0 radical (unpaired) electrons. The van der Waals surface area contributed by atoms with Gasteiger partial charge < -0.3 is 5.32 Å². The summed E-state index contributed by atoms with van der Waals surface area (Å²) in [5, 5.41) is 2.93. The first-order chi connectivity index (χ1) is 12.0. The first kappa shape index (κ1) is 16.8. The van der Waals surface area contributed by atoms with E-state index in [9.17, 15) is 9.18 Å². The van der Waals surface area contributed by atoms with Crippen LogP contribution >= 0.6 is 0 Å². The first-order valence-corrected chi connectivity index (χ1v) is 8.14. The number of carbonyl (C=O) groups is 1. The lowest BCUT2D eigenvalue weighted by atomic mass is 10.1. The molecule has 0 fully saturated rings. The van der Waals surface area contributed by atoms with Crippen LogP contribution in [-0.4, -0.2) is 10.9 Å². The second-order valence-electron chi connectivity index (χ2n) is 5.94. The van der Waals surface area contributed by atoms with Crippen LogP contribution in [0.5, 0.6) is 0 Å². The molecular formula is C21H19FN2O. The summed E-state index contributed by atoms with van der Waals surface area (Å²) in [6.07, 6.45) is 0. The van der Waals surface area contributed by atoms with Crippen LogP contribution in [0.15, 0.2) is 66.7 Å². The van der Waals surface area contributed by atoms with Crippen LogP contribution in [0.1, 0.15) is 34.6 Å². The number of carbonyl (C=O) groups excluding carboxylic acids is 1. The largest absolute Gasteiger partial charge is 0.345 e. The van der Waals surface area contributed by atoms with Crippen LogP contribution in [0.25, 0.3) is 11.3 Å². The van der Waals surface area contributed by atoms with E-state index in [1.54, 1.807) is 18.2 Å². The fourth-order valence-corrected chi connectivity index (χ4v) is 2.68. The quantitative estimate of drug-likeness (QED) is 0.752. The van der Waals surface area contributed by atoms with Crippen molar-refractivity contribution in [1.82, 2.24) is 10.3 Å². The Morgan fingerprint density at radius 1 is 1.00 bits per heavy atom. The third-order valence-electron chi connectivity index (χ3n) is 4.12. The summed E-state index contributed by atoms with van der Waals surface area (Å²) < 4.78 is 13.0. The molecule has 1 aromatic heterocycles. The van der Waals surface area contributed by atoms with Crippen molar-refractivity contribution in [1.29, 1.82) is 0 Å². The second-order valence-corrected chi connectivity index (χ2v) is 5.94. The topological polar surface area (TPSA) is 42.0 Å². The van der Waals surface area contributed by atoms with Gasteiger partial charge in [0.05, 0.1) is 23.0 Å². The molecule has 0 aliphatic rings. The molecule has 3 aromatic rings. The van der Waals surface area contributed by atoms with Gasteiger partial charge in [0.25, 0.3) is 5.91 Å². The van der Waals surface area contributed by atoms with Crippen molar-refractivity contribution in [2.24, 2.45) is 0 Å². The maximum absolute atomic E-state index is 13.0. The standard InChI is InChI=1S/C21H19FN2O/c1-14(16-8-10-18(22)11-9-16)24-21(25)19-12-13-20(23-15(19)2)17-6-4-3-5-7-17/h3-14H,1-2H3,(H,24,25)/t14-/m0/s1. The van der Waals surface area contributed by atoms with Crippen molar-refractivity contribution in [2.45, 2.75) is 19.9 Å². The van der Waals surface area contributed by atoms with Gasteiger partial charge in [-0.2, -0.15) is 0 Å². The Balaban J connectivity index is 1.77. The number of aryl methyl sites for hydroxylation is 1. The van der Waals surface area contributed by atoms with Crippen molar-refractivity contribution in [2.75, 3.05) is 0 Å². The highest BCUT2D eigenvalue weighted by molar-refractivity contribution is 5.95. The lowest BCUT2D eigenvalue weighted by molar-refractivity contribution is 0.0939. The Morgan fingerprint density at radius 2 is 1.68 bits per heavy atom. The molecule has 126 valence electrons. The van der Waals surface area contributed by atoms with Crippen LogP contribution in [0.2, 0.25) is 0 Å². The normalized spacial score (nSPS) is 11.8. The van der Waals surface area contributed by atoms with Crippen molar-refractivity contribution in [3.8, 4) is 11.3 Å². The fourth-order valence-electron chi connectivity index (χ4n) is 2.68. The summed E-state index contributed by atoms with van der Waals surface area (Å²) >= 11 is 0. The van der Waals surface area contributed by atoms with Crippen LogP contribution in [0, 0.1) is 12.7 Å². The van der Waals surface area contributed by atoms with Crippen LogP contribution < -0.4 is 5.32 Å². The molecular weight excluding hydrogens is 315 g/mol. The molecule has 3 nitrogen and oxygen atoms in total. The minimum absolute atomic E-state index is 0.193. The SMILES string of the molecule is Cc1nc(-c2ccccc2)ccc1C(=O)N[C@@H](C)c1ccc(F)cc1. The van der Waals surface area contributed by atoms with Crippen LogP contribution in [0.3, 0.4) is 0 Å². The van der Waals surface area contributed by atoms with Crippen LogP contribution in [0.4, 0.5) is 4.39 Å². The van der Waals surface area contributed by atoms with Gasteiger partial charge in [0, 0.05) is 5.56 Å². The number of amides is 1. The average Bonchev–Trinajstić information content (AvgIpc) is 2.62. The molecule has 25 heavy (non-hydrogen) atoms. The average molecular weight is 334 g/mol. The van der Waals surface area contributed by atoms with E-state index in [1.165, 1.54) is 12.1 Å². The number of halogens is 1. The van der Waals surface area contributed by atoms with Gasteiger partial charge in [0.2, 0.25) is 0 Å². The molecule has 0 saturated carbocycles. The third kappa shape index (κ3) is 3.91. The van der Waals surface area contributed by atoms with Crippen molar-refractivity contribution >= 4 is 5.91 Å². The number of aromatic nitrogens is 1. The summed E-state index contributed by atoms with van der Waals surface area (Å²) in [7, 11) is 0. The Bertz CT molecular complexity index is 876. The monoisotopic (exact) mass is 334 g/mol. The highest BCUT2D eigenvalue weighted by Gasteiger charge is 2.15. The zero-order chi connectivity index (χ0) is 17.8. The lowest BCUT2D eigenvalue weighted by Gasteiger charge is -2.15. The van der Waals surface area contributed by atoms with Gasteiger partial charge in [-0.05, 0) is 43.7 Å². The van der Waals surface area contributed by atoms with Crippen molar-refractivity contribution in [3.05, 3.63) is 89.4 Å². The Morgan fingerprint density at radius 3 is 2.32 bits per heavy atom. The summed E-state index contributed by atoms with van der Waals surface area (Å²) in [6, 6.07) is 19.4. The van der Waals surface area contributed by atoms with Gasteiger partial charge in [-0.1, -0.05) is 42.5 Å². The number of rotatable bonds is 4. The van der Waals surface area contributed by atoms with Gasteiger partial charge in [-0.25, -0.2) is 4.39 Å². The molecule has 1 N–H and O–H groups in total. The van der Waals surface area contributed by atoms with E-state index in [1.807, 2.05) is 50.2 Å². The maximum Gasteiger partial charge on any atom is 0.253 e. The zero-order valence-electron chi connectivity index (χ0n) is 14.2. The number of pyridine rings is 1. The highest BCUT2D eigenvalue weighted by Crippen LogP contribution is 2.19. The van der Waals surface area contributed by atoms with Crippen molar-refractivity contribution < 1.29 is 9.18 Å². The maximum atomic E-state index is 13.0. The zero-order valence-corrected chi connectivity index (χ0v) is 14.2. The smallest absolute Gasteiger partial charge is 0.253 e. The molecule has 1 heterocycles. The molecule has 3 rings (SSSR count). The molecule has 0 saturated heterocycles. The molecule has 0 bridgehead atoms. The number of hydrogen-bond donors (Lipinski definition) is 1. The molecule has 0 spiro atoms. The summed E-state index contributed by atoms with van der Waals surface area (Å²) in [6.45, 7) is 3.69. The third-order valence-corrected chi connectivity index (χ3v) is 4.12. The molecule has 2 aromatic carbocycles. The summed E-state index contributed by atoms with van der Waals surface area (Å²) in [4.78, 5) is 17.1. The van der Waals surface area contributed by atoms with E-state index >= 15 is 0 Å². The van der Waals surface area contributed by atoms with Gasteiger partial charge in [-0.3, -0.25) is 9.78 Å². The lowest BCUT2D eigenvalue weighted by Crippen LogP contribution is -2.27. The fraction of sp³-hybridized carbons (Fsp3) is 0.143. The number of benzene rings is 2. The molecule has 0 aliphatic carbocycles.